The van der Waals surface area contributed by atoms with Crippen LogP contribution >= 0.6 is 0 Å². The molecule has 1 rings (SSSR count). The molecule has 0 aliphatic rings. The molecule has 1 aromatic carbocycles. The molecule has 0 heterocycles. The zero-order chi connectivity index (χ0) is 12.3. The van der Waals surface area contributed by atoms with Gasteiger partial charge in [0.15, 0.2) is 0 Å². The Morgan fingerprint density at radius 3 is 2.19 bits per heavy atom. The Kier molecular flexibility index (Phi) is 3.54. The number of rotatable bonds is 2. The lowest BCUT2D eigenvalue weighted by atomic mass is 10.1. The van der Waals surface area contributed by atoms with E-state index in [1.54, 1.807) is 0 Å². The van der Waals surface area contributed by atoms with E-state index in [0.29, 0.717) is 0 Å². The van der Waals surface area contributed by atoms with Crippen molar-refractivity contribution in [1.29, 1.82) is 0 Å². The Hall–Kier alpha value is -1.56. The molecule has 1 aromatic rings. The summed E-state index contributed by atoms with van der Waals surface area (Å²) in [7, 11) is 1.16. The number of esters is 1. The molecule has 0 spiro atoms. The van der Waals surface area contributed by atoms with Gasteiger partial charge in [0.25, 0.3) is 0 Å². The second kappa shape index (κ2) is 4.52. The van der Waals surface area contributed by atoms with Gasteiger partial charge in [-0.05, 0) is 17.7 Å². The molecule has 0 aliphatic carbocycles. The highest BCUT2D eigenvalue weighted by Gasteiger charge is 2.30. The lowest BCUT2D eigenvalue weighted by Gasteiger charge is -2.11. The van der Waals surface area contributed by atoms with Crippen molar-refractivity contribution in [3.8, 4) is 0 Å². The van der Waals surface area contributed by atoms with Gasteiger partial charge in [0, 0.05) is 0 Å². The molecule has 0 radical (unpaired) electrons. The van der Waals surface area contributed by atoms with Gasteiger partial charge in [0.1, 0.15) is 6.04 Å². The van der Waals surface area contributed by atoms with E-state index >= 15 is 0 Å². The monoisotopic (exact) mass is 233 g/mol. The molecule has 2 N–H and O–H groups in total. The third-order valence-electron chi connectivity index (χ3n) is 2.05. The van der Waals surface area contributed by atoms with Crippen LogP contribution in [0, 0.1) is 0 Å². The summed E-state index contributed by atoms with van der Waals surface area (Å²) in [5.41, 5.74) is 4.95. The minimum absolute atomic E-state index is 0.278. The Morgan fingerprint density at radius 2 is 1.81 bits per heavy atom. The van der Waals surface area contributed by atoms with Crippen molar-refractivity contribution >= 4 is 5.97 Å². The first-order valence-electron chi connectivity index (χ1n) is 4.37. The number of alkyl halides is 3. The van der Waals surface area contributed by atoms with Gasteiger partial charge >= 0.3 is 12.1 Å². The van der Waals surface area contributed by atoms with Crippen molar-refractivity contribution < 1.29 is 22.7 Å². The highest BCUT2D eigenvalue weighted by molar-refractivity contribution is 5.77. The van der Waals surface area contributed by atoms with E-state index in [-0.39, 0.29) is 5.56 Å². The number of carbonyl (C=O) groups excluding carboxylic acids is 1. The van der Waals surface area contributed by atoms with Crippen molar-refractivity contribution in [3.05, 3.63) is 35.4 Å². The molecule has 0 aromatic heterocycles. The van der Waals surface area contributed by atoms with Crippen LogP contribution in [0.1, 0.15) is 17.2 Å². The summed E-state index contributed by atoms with van der Waals surface area (Å²) < 4.78 is 41.0. The molecule has 0 aliphatic heterocycles. The summed E-state index contributed by atoms with van der Waals surface area (Å²) in [5, 5.41) is 0. The molecular formula is C10H10F3NO2. The summed E-state index contributed by atoms with van der Waals surface area (Å²) in [6, 6.07) is 3.00. The zero-order valence-electron chi connectivity index (χ0n) is 8.41. The Bertz CT molecular complexity index is 373. The minimum Gasteiger partial charge on any atom is -0.468 e. The maximum atomic E-state index is 12.2. The van der Waals surface area contributed by atoms with Gasteiger partial charge in [0.05, 0.1) is 12.7 Å². The Morgan fingerprint density at radius 1 is 1.31 bits per heavy atom. The number of carbonyl (C=O) groups is 1. The van der Waals surface area contributed by atoms with E-state index in [0.717, 1.165) is 31.4 Å². The first kappa shape index (κ1) is 12.5. The molecular weight excluding hydrogens is 223 g/mol. The molecule has 16 heavy (non-hydrogen) atoms. The highest BCUT2D eigenvalue weighted by Crippen LogP contribution is 2.29. The molecule has 0 unspecified atom stereocenters. The van der Waals surface area contributed by atoms with Crippen LogP contribution < -0.4 is 5.73 Å². The maximum Gasteiger partial charge on any atom is 0.416 e. The van der Waals surface area contributed by atoms with E-state index in [1.807, 2.05) is 0 Å². The number of nitrogens with two attached hydrogens (primary N) is 1. The molecule has 0 fully saturated rings. The van der Waals surface area contributed by atoms with Crippen LogP contribution in [0.4, 0.5) is 13.2 Å². The topological polar surface area (TPSA) is 52.3 Å². The third kappa shape index (κ3) is 2.73. The van der Waals surface area contributed by atoms with Crippen LogP contribution in [0.3, 0.4) is 0 Å². The zero-order valence-corrected chi connectivity index (χ0v) is 8.41. The molecule has 6 heteroatoms. The van der Waals surface area contributed by atoms with Crippen molar-refractivity contribution in [2.24, 2.45) is 5.73 Å². The Labute approximate surface area is 90.0 Å². The SMILES string of the molecule is COC(=O)[C@@H](N)c1ccc(C(F)(F)F)cc1. The van der Waals surface area contributed by atoms with Crippen molar-refractivity contribution in [2.45, 2.75) is 12.2 Å². The largest absolute Gasteiger partial charge is 0.468 e. The smallest absolute Gasteiger partial charge is 0.416 e. The van der Waals surface area contributed by atoms with Crippen LogP contribution in [0.5, 0.6) is 0 Å². The molecule has 3 nitrogen and oxygen atoms in total. The first-order chi connectivity index (χ1) is 7.36. The van der Waals surface area contributed by atoms with E-state index in [1.165, 1.54) is 0 Å². The van der Waals surface area contributed by atoms with Gasteiger partial charge in [0.2, 0.25) is 0 Å². The van der Waals surface area contributed by atoms with Gasteiger partial charge in [-0.2, -0.15) is 13.2 Å². The van der Waals surface area contributed by atoms with Crippen LogP contribution in [-0.2, 0) is 15.7 Å². The quantitative estimate of drug-likeness (QED) is 0.793. The fourth-order valence-corrected chi connectivity index (χ4v) is 1.14. The van der Waals surface area contributed by atoms with Crippen LogP contribution in [0.15, 0.2) is 24.3 Å². The average molecular weight is 233 g/mol. The van der Waals surface area contributed by atoms with Crippen molar-refractivity contribution in [3.63, 3.8) is 0 Å². The second-order valence-electron chi connectivity index (χ2n) is 3.12. The van der Waals surface area contributed by atoms with E-state index < -0.39 is 23.8 Å². The molecule has 0 saturated carbocycles. The van der Waals surface area contributed by atoms with Gasteiger partial charge in [-0.1, -0.05) is 12.1 Å². The fraction of sp³-hybridized carbons (Fsp3) is 0.300. The summed E-state index contributed by atoms with van der Waals surface area (Å²) >= 11 is 0. The van der Waals surface area contributed by atoms with Crippen LogP contribution in [0.2, 0.25) is 0 Å². The van der Waals surface area contributed by atoms with Crippen molar-refractivity contribution in [2.75, 3.05) is 7.11 Å². The molecule has 88 valence electrons. The van der Waals surface area contributed by atoms with Gasteiger partial charge in [-0.3, -0.25) is 4.79 Å². The average Bonchev–Trinajstić information content (AvgIpc) is 2.26. The van der Waals surface area contributed by atoms with Crippen molar-refractivity contribution in [1.82, 2.24) is 0 Å². The number of ether oxygens (including phenoxy) is 1. The van der Waals surface area contributed by atoms with Gasteiger partial charge in [-0.15, -0.1) is 0 Å². The summed E-state index contributed by atoms with van der Waals surface area (Å²) in [6.45, 7) is 0. The van der Waals surface area contributed by atoms with Crippen LogP contribution in [0.25, 0.3) is 0 Å². The number of benzene rings is 1. The molecule has 0 saturated heterocycles. The van der Waals surface area contributed by atoms with Crippen LogP contribution in [-0.4, -0.2) is 13.1 Å². The number of halogens is 3. The fourth-order valence-electron chi connectivity index (χ4n) is 1.14. The molecule has 1 atom stereocenters. The molecule has 0 bridgehead atoms. The number of methoxy groups -OCH3 is 1. The van der Waals surface area contributed by atoms with Gasteiger partial charge in [-0.25, -0.2) is 0 Å². The lowest BCUT2D eigenvalue weighted by Crippen LogP contribution is -2.22. The standard InChI is InChI=1S/C10H10F3NO2/c1-16-9(15)8(14)6-2-4-7(5-3-6)10(11,12)13/h2-5,8H,14H2,1H3/t8-/m0/s1. The third-order valence-corrected chi connectivity index (χ3v) is 2.05. The molecule has 0 amide bonds. The van der Waals surface area contributed by atoms with E-state index in [9.17, 15) is 18.0 Å². The lowest BCUT2D eigenvalue weighted by molar-refractivity contribution is -0.142. The summed E-state index contributed by atoms with van der Waals surface area (Å²) in [6.07, 6.45) is -4.39. The second-order valence-corrected chi connectivity index (χ2v) is 3.12. The maximum absolute atomic E-state index is 12.2. The minimum atomic E-state index is -4.39. The Balaban J connectivity index is 2.91. The summed E-state index contributed by atoms with van der Waals surface area (Å²) in [4.78, 5) is 11.0. The predicted molar refractivity (Wildman–Crippen MR) is 50.4 cm³/mol. The van der Waals surface area contributed by atoms with E-state index in [4.69, 9.17) is 5.73 Å². The number of hydrogen-bond acceptors (Lipinski definition) is 3. The highest BCUT2D eigenvalue weighted by atomic mass is 19.4. The normalized spacial score (nSPS) is 13.3. The van der Waals surface area contributed by atoms with E-state index in [2.05, 4.69) is 4.74 Å². The van der Waals surface area contributed by atoms with Gasteiger partial charge < -0.3 is 10.5 Å². The predicted octanol–water partition coefficient (Wildman–Crippen LogP) is 1.88. The number of hydrogen-bond donors (Lipinski definition) is 1. The first-order valence-corrected chi connectivity index (χ1v) is 4.37. The summed E-state index contributed by atoms with van der Waals surface area (Å²) in [5.74, 6) is -0.695.